The van der Waals surface area contributed by atoms with E-state index in [4.69, 9.17) is 26.1 Å². The quantitative estimate of drug-likeness (QED) is 0.347. The average Bonchev–Trinajstić information content (AvgIpc) is 2.96. The molecule has 13 heteroatoms. The van der Waals surface area contributed by atoms with Gasteiger partial charge in [-0.15, -0.1) is 0 Å². The minimum absolute atomic E-state index is 0.000233. The van der Waals surface area contributed by atoms with Gasteiger partial charge in [0.05, 0.1) is 38.3 Å². The van der Waals surface area contributed by atoms with Gasteiger partial charge in [0.15, 0.2) is 5.82 Å². The Bertz CT molecular complexity index is 1290. The van der Waals surface area contributed by atoms with Crippen LogP contribution in [-0.4, -0.2) is 83.7 Å². The molecule has 3 aromatic rings. The summed E-state index contributed by atoms with van der Waals surface area (Å²) in [5.41, 5.74) is 1.66. The number of benzene rings is 1. The van der Waals surface area contributed by atoms with Crippen LogP contribution in [0.4, 0.5) is 21.8 Å². The molecule has 39 heavy (non-hydrogen) atoms. The number of anilines is 3. The number of halogens is 2. The molecule has 3 heterocycles. The zero-order valence-electron chi connectivity index (χ0n) is 21.9. The summed E-state index contributed by atoms with van der Waals surface area (Å²) in [6.45, 7) is 3.19. The summed E-state index contributed by atoms with van der Waals surface area (Å²) in [7, 11) is 2.73. The van der Waals surface area contributed by atoms with Crippen LogP contribution in [0, 0.1) is 11.7 Å². The molecule has 0 saturated carbocycles. The van der Waals surface area contributed by atoms with Crippen molar-refractivity contribution in [2.24, 2.45) is 5.92 Å². The van der Waals surface area contributed by atoms with E-state index in [-0.39, 0.29) is 35.7 Å². The van der Waals surface area contributed by atoms with Crippen LogP contribution in [0.25, 0.3) is 11.0 Å². The van der Waals surface area contributed by atoms with E-state index in [1.54, 1.807) is 12.3 Å². The number of piperidine rings is 1. The van der Waals surface area contributed by atoms with E-state index in [0.717, 1.165) is 19.4 Å². The molecule has 1 atom stereocenters. The predicted octanol–water partition coefficient (Wildman–Crippen LogP) is 3.60. The Morgan fingerprint density at radius 1 is 1.15 bits per heavy atom. The number of carbonyl (C=O) groups excluding carboxylic acids is 2. The molecule has 1 aliphatic heterocycles. The van der Waals surface area contributed by atoms with Gasteiger partial charge < -0.3 is 24.6 Å². The number of nitrogens with one attached hydrogen (secondary N) is 1. The van der Waals surface area contributed by atoms with Crippen LogP contribution in [0.5, 0.6) is 0 Å². The third-order valence-electron chi connectivity index (χ3n) is 6.58. The van der Waals surface area contributed by atoms with Crippen molar-refractivity contribution in [3.05, 3.63) is 41.6 Å². The third kappa shape index (κ3) is 7.70. The molecular weight excluding hydrogens is 529 g/mol. The van der Waals surface area contributed by atoms with Crippen molar-refractivity contribution < 1.29 is 23.5 Å². The highest BCUT2D eigenvalue weighted by Gasteiger charge is 2.25. The van der Waals surface area contributed by atoms with Gasteiger partial charge in [-0.3, -0.25) is 9.59 Å². The van der Waals surface area contributed by atoms with Crippen molar-refractivity contribution >= 4 is 52.0 Å². The van der Waals surface area contributed by atoms with Crippen molar-refractivity contribution in [2.75, 3.05) is 57.2 Å². The van der Waals surface area contributed by atoms with Crippen LogP contribution in [0.2, 0.25) is 5.02 Å². The summed E-state index contributed by atoms with van der Waals surface area (Å²) >= 11 is 5.93. The molecule has 2 aromatic heterocycles. The van der Waals surface area contributed by atoms with E-state index in [1.807, 2.05) is 0 Å². The molecule has 4 rings (SSSR count). The molecule has 0 aliphatic carbocycles. The number of fused-ring (bicyclic) bond motifs is 1. The van der Waals surface area contributed by atoms with E-state index in [2.05, 4.69) is 30.1 Å². The summed E-state index contributed by atoms with van der Waals surface area (Å²) in [6, 6.07) is 4.33. The smallest absolute Gasteiger partial charge is 0.306 e. The molecule has 1 N–H and O–H groups in total. The summed E-state index contributed by atoms with van der Waals surface area (Å²) in [5, 5.41) is 3.14. The van der Waals surface area contributed by atoms with Gasteiger partial charge in [0.2, 0.25) is 5.95 Å². The number of ether oxygens (including phenoxy) is 2. The highest BCUT2D eigenvalue weighted by molar-refractivity contribution is 6.31. The zero-order valence-corrected chi connectivity index (χ0v) is 22.7. The van der Waals surface area contributed by atoms with Crippen LogP contribution in [0.1, 0.15) is 25.7 Å². The highest BCUT2D eigenvalue weighted by atomic mass is 35.5. The Kier molecular flexibility index (Phi) is 9.77. The summed E-state index contributed by atoms with van der Waals surface area (Å²) in [4.78, 5) is 45.6. The topological polar surface area (TPSA) is 123 Å². The molecule has 0 spiro atoms. The molecule has 1 saturated heterocycles. The Labute approximate surface area is 230 Å². The molecule has 1 unspecified atom stereocenters. The number of hydrogen-bond donors (Lipinski definition) is 1. The van der Waals surface area contributed by atoms with Gasteiger partial charge in [-0.1, -0.05) is 11.6 Å². The molecule has 1 aromatic carbocycles. The average molecular weight is 560 g/mol. The van der Waals surface area contributed by atoms with Crippen molar-refractivity contribution in [1.82, 2.24) is 24.8 Å². The van der Waals surface area contributed by atoms with Gasteiger partial charge in [-0.2, -0.15) is 0 Å². The lowest BCUT2D eigenvalue weighted by Crippen LogP contribution is -2.42. The fraction of sp³-hybridized carbons (Fsp3) is 0.462. The fourth-order valence-corrected chi connectivity index (χ4v) is 4.74. The van der Waals surface area contributed by atoms with Crippen molar-refractivity contribution in [1.29, 1.82) is 0 Å². The van der Waals surface area contributed by atoms with Gasteiger partial charge in [0.1, 0.15) is 23.2 Å². The fourth-order valence-electron chi connectivity index (χ4n) is 4.56. The molecule has 0 radical (unpaired) electrons. The first kappa shape index (κ1) is 28.4. The van der Waals surface area contributed by atoms with Crippen molar-refractivity contribution in [2.45, 2.75) is 25.7 Å². The SMILES string of the molecule is COC(=O)CCN(CCC(=O)OC)CC1CCCN(c2ncc3ncnc(Nc4ccc(F)c(Cl)c4)c3n2)C1. The number of carbonyl (C=O) groups is 2. The van der Waals surface area contributed by atoms with Crippen LogP contribution < -0.4 is 10.2 Å². The first-order valence-corrected chi connectivity index (χ1v) is 13.0. The second kappa shape index (κ2) is 13.4. The van der Waals surface area contributed by atoms with Gasteiger partial charge >= 0.3 is 11.9 Å². The normalized spacial score (nSPS) is 15.4. The third-order valence-corrected chi connectivity index (χ3v) is 6.87. The number of hydrogen-bond acceptors (Lipinski definition) is 11. The minimum atomic E-state index is -0.506. The monoisotopic (exact) mass is 559 g/mol. The first-order chi connectivity index (χ1) is 18.9. The van der Waals surface area contributed by atoms with Crippen molar-refractivity contribution in [3.8, 4) is 0 Å². The molecular formula is C26H31ClFN7O4. The van der Waals surface area contributed by atoms with Gasteiger partial charge in [0, 0.05) is 38.4 Å². The highest BCUT2D eigenvalue weighted by Crippen LogP contribution is 2.27. The maximum atomic E-state index is 13.6. The maximum absolute atomic E-state index is 13.6. The molecule has 11 nitrogen and oxygen atoms in total. The lowest BCUT2D eigenvalue weighted by Gasteiger charge is -2.35. The summed E-state index contributed by atoms with van der Waals surface area (Å²) < 4.78 is 23.2. The largest absolute Gasteiger partial charge is 0.469 e. The van der Waals surface area contributed by atoms with Crippen LogP contribution in [-0.2, 0) is 19.1 Å². The van der Waals surface area contributed by atoms with Gasteiger partial charge in [0.25, 0.3) is 0 Å². The van der Waals surface area contributed by atoms with E-state index >= 15 is 0 Å². The van der Waals surface area contributed by atoms with Gasteiger partial charge in [-0.05, 0) is 37.0 Å². The Morgan fingerprint density at radius 3 is 2.59 bits per heavy atom. The van der Waals surface area contributed by atoms with E-state index < -0.39 is 5.82 Å². The van der Waals surface area contributed by atoms with Crippen LogP contribution >= 0.6 is 11.6 Å². The number of aromatic nitrogens is 4. The molecule has 0 amide bonds. The van der Waals surface area contributed by atoms with Crippen LogP contribution in [0.3, 0.4) is 0 Å². The second-order valence-corrected chi connectivity index (χ2v) is 9.69. The number of esters is 2. The summed E-state index contributed by atoms with van der Waals surface area (Å²) in [5.74, 6) is 0.201. The number of methoxy groups -OCH3 is 2. The Morgan fingerprint density at radius 2 is 1.90 bits per heavy atom. The predicted molar refractivity (Wildman–Crippen MR) is 144 cm³/mol. The Balaban J connectivity index is 1.48. The maximum Gasteiger partial charge on any atom is 0.306 e. The number of rotatable bonds is 11. The zero-order chi connectivity index (χ0) is 27.8. The summed E-state index contributed by atoms with van der Waals surface area (Å²) in [6.07, 6.45) is 5.50. The second-order valence-electron chi connectivity index (χ2n) is 9.29. The number of nitrogens with zero attached hydrogens (tertiary/aromatic N) is 6. The van der Waals surface area contributed by atoms with Crippen LogP contribution in [0.15, 0.2) is 30.7 Å². The minimum Gasteiger partial charge on any atom is -0.469 e. The Hall–Kier alpha value is -3.64. The lowest BCUT2D eigenvalue weighted by molar-refractivity contribution is -0.141. The molecule has 0 bridgehead atoms. The van der Waals surface area contributed by atoms with Crippen molar-refractivity contribution in [3.63, 3.8) is 0 Å². The first-order valence-electron chi connectivity index (χ1n) is 12.7. The van der Waals surface area contributed by atoms with Gasteiger partial charge in [-0.25, -0.2) is 24.3 Å². The van der Waals surface area contributed by atoms with E-state index in [1.165, 1.54) is 32.7 Å². The molecule has 208 valence electrons. The standard InChI is InChI=1S/C26H31ClFN7O4/c1-38-22(36)7-10-34(11-8-23(37)39-2)14-17-4-3-9-35(15-17)26-29-13-21-24(33-26)25(31-16-30-21)32-18-5-6-20(28)19(27)12-18/h5-6,12-13,16-17H,3-4,7-11,14-15H2,1-2H3,(H,30,31,32). The van der Waals surface area contributed by atoms with E-state index in [9.17, 15) is 14.0 Å². The lowest BCUT2D eigenvalue weighted by atomic mass is 9.97. The van der Waals surface area contributed by atoms with E-state index in [0.29, 0.717) is 54.7 Å². The molecule has 1 aliphatic rings. The molecule has 1 fully saturated rings.